The van der Waals surface area contributed by atoms with Gasteiger partial charge in [0.2, 0.25) is 0 Å². The maximum absolute atomic E-state index is 13.2. The zero-order valence-electron chi connectivity index (χ0n) is 8.69. The van der Waals surface area contributed by atoms with Crippen molar-refractivity contribution in [2.75, 3.05) is 4.72 Å². The van der Waals surface area contributed by atoms with Gasteiger partial charge >= 0.3 is 0 Å². The minimum absolute atomic E-state index is 0.219. The van der Waals surface area contributed by atoms with Crippen LogP contribution in [0.2, 0.25) is 0 Å². The SMILES string of the molecule is Fc1ccccc1NSCc1ccccc1. The summed E-state index contributed by atoms with van der Waals surface area (Å²) in [6.07, 6.45) is 0. The average molecular weight is 233 g/mol. The molecule has 0 amide bonds. The first kappa shape index (κ1) is 11.0. The van der Waals surface area contributed by atoms with Gasteiger partial charge in [-0.05, 0) is 29.6 Å². The van der Waals surface area contributed by atoms with E-state index >= 15 is 0 Å². The summed E-state index contributed by atoms with van der Waals surface area (Å²) >= 11 is 1.48. The summed E-state index contributed by atoms with van der Waals surface area (Å²) in [5, 5.41) is 0. The van der Waals surface area contributed by atoms with Crippen LogP contribution < -0.4 is 4.72 Å². The van der Waals surface area contributed by atoms with Gasteiger partial charge in [0.05, 0.1) is 5.69 Å². The predicted octanol–water partition coefficient (Wildman–Crippen LogP) is 4.09. The smallest absolute Gasteiger partial charge is 0.147 e. The van der Waals surface area contributed by atoms with Crippen molar-refractivity contribution in [2.45, 2.75) is 5.75 Å². The molecular formula is C13H12FNS. The van der Waals surface area contributed by atoms with Crippen LogP contribution in [0.1, 0.15) is 5.56 Å². The van der Waals surface area contributed by atoms with Gasteiger partial charge in [-0.1, -0.05) is 42.5 Å². The number of benzene rings is 2. The van der Waals surface area contributed by atoms with Crippen LogP contribution in [0.5, 0.6) is 0 Å². The van der Waals surface area contributed by atoms with Gasteiger partial charge in [0.1, 0.15) is 5.82 Å². The van der Waals surface area contributed by atoms with Gasteiger partial charge in [-0.15, -0.1) is 0 Å². The minimum Gasteiger partial charge on any atom is -0.327 e. The Balaban J connectivity index is 1.87. The molecule has 0 saturated heterocycles. The van der Waals surface area contributed by atoms with Crippen LogP contribution in [0, 0.1) is 5.82 Å². The molecule has 0 fully saturated rings. The molecule has 0 radical (unpaired) electrons. The molecule has 2 rings (SSSR count). The highest BCUT2D eigenvalue weighted by Gasteiger charge is 1.99. The quantitative estimate of drug-likeness (QED) is 0.798. The van der Waals surface area contributed by atoms with Crippen LogP contribution in [-0.4, -0.2) is 0 Å². The third-order valence-corrected chi connectivity index (χ3v) is 2.98. The van der Waals surface area contributed by atoms with E-state index in [2.05, 4.69) is 16.9 Å². The summed E-state index contributed by atoms with van der Waals surface area (Å²) in [6.45, 7) is 0. The van der Waals surface area contributed by atoms with Crippen LogP contribution in [0.4, 0.5) is 10.1 Å². The molecule has 0 aliphatic rings. The molecule has 0 bridgehead atoms. The van der Waals surface area contributed by atoms with Gasteiger partial charge in [-0.3, -0.25) is 0 Å². The molecule has 2 aromatic carbocycles. The van der Waals surface area contributed by atoms with E-state index in [1.807, 2.05) is 24.3 Å². The van der Waals surface area contributed by atoms with Crippen molar-refractivity contribution in [3.05, 3.63) is 66.0 Å². The lowest BCUT2D eigenvalue weighted by atomic mass is 10.2. The zero-order valence-corrected chi connectivity index (χ0v) is 9.51. The molecule has 1 N–H and O–H groups in total. The Bertz CT molecular complexity index is 445. The monoisotopic (exact) mass is 233 g/mol. The number of hydrogen-bond donors (Lipinski definition) is 1. The van der Waals surface area contributed by atoms with E-state index in [1.165, 1.54) is 23.6 Å². The van der Waals surface area contributed by atoms with Crippen LogP contribution in [-0.2, 0) is 5.75 Å². The topological polar surface area (TPSA) is 12.0 Å². The Morgan fingerprint density at radius 3 is 2.38 bits per heavy atom. The Kier molecular flexibility index (Phi) is 3.83. The second kappa shape index (κ2) is 5.56. The molecule has 0 atom stereocenters. The summed E-state index contributed by atoms with van der Waals surface area (Å²) in [5.41, 5.74) is 1.75. The highest BCUT2D eigenvalue weighted by molar-refractivity contribution is 7.99. The Morgan fingerprint density at radius 1 is 0.938 bits per heavy atom. The van der Waals surface area contributed by atoms with Crippen molar-refractivity contribution in [1.29, 1.82) is 0 Å². The van der Waals surface area contributed by atoms with Crippen molar-refractivity contribution < 1.29 is 4.39 Å². The molecule has 2 aromatic rings. The molecule has 0 heterocycles. The van der Waals surface area contributed by atoms with Crippen LogP contribution >= 0.6 is 11.9 Å². The van der Waals surface area contributed by atoms with E-state index in [1.54, 1.807) is 12.1 Å². The van der Waals surface area contributed by atoms with Crippen LogP contribution in [0.3, 0.4) is 0 Å². The highest BCUT2D eigenvalue weighted by Crippen LogP contribution is 2.19. The third kappa shape index (κ3) is 3.00. The molecule has 0 aromatic heterocycles. The number of para-hydroxylation sites is 1. The van der Waals surface area contributed by atoms with Gasteiger partial charge in [0.25, 0.3) is 0 Å². The molecule has 0 spiro atoms. The van der Waals surface area contributed by atoms with E-state index in [-0.39, 0.29) is 5.82 Å². The first-order valence-electron chi connectivity index (χ1n) is 5.02. The fourth-order valence-electron chi connectivity index (χ4n) is 1.32. The summed E-state index contributed by atoms with van der Waals surface area (Å²) in [6, 6.07) is 16.8. The van der Waals surface area contributed by atoms with Crippen molar-refractivity contribution >= 4 is 17.6 Å². The van der Waals surface area contributed by atoms with Gasteiger partial charge in [-0.2, -0.15) is 0 Å². The maximum Gasteiger partial charge on any atom is 0.147 e. The van der Waals surface area contributed by atoms with E-state index in [4.69, 9.17) is 0 Å². The fourth-order valence-corrected chi connectivity index (χ4v) is 2.07. The second-order valence-electron chi connectivity index (χ2n) is 3.36. The van der Waals surface area contributed by atoms with Crippen molar-refractivity contribution in [1.82, 2.24) is 0 Å². The first-order chi connectivity index (χ1) is 7.86. The molecule has 82 valence electrons. The molecule has 16 heavy (non-hydrogen) atoms. The first-order valence-corrected chi connectivity index (χ1v) is 6.01. The van der Waals surface area contributed by atoms with Gasteiger partial charge in [0, 0.05) is 5.75 Å². The summed E-state index contributed by atoms with van der Waals surface area (Å²) in [7, 11) is 0. The van der Waals surface area contributed by atoms with Crippen LogP contribution in [0.15, 0.2) is 54.6 Å². The van der Waals surface area contributed by atoms with Gasteiger partial charge in [-0.25, -0.2) is 4.39 Å². The van der Waals surface area contributed by atoms with Crippen molar-refractivity contribution in [2.24, 2.45) is 0 Å². The Labute approximate surface area is 98.8 Å². The van der Waals surface area contributed by atoms with E-state index in [0.29, 0.717) is 5.69 Å². The van der Waals surface area contributed by atoms with Gasteiger partial charge in [0.15, 0.2) is 0 Å². The number of nitrogens with one attached hydrogen (secondary N) is 1. The summed E-state index contributed by atoms with van der Waals surface area (Å²) < 4.78 is 16.2. The van der Waals surface area contributed by atoms with E-state index in [9.17, 15) is 4.39 Å². The molecule has 0 saturated carbocycles. The number of halogens is 1. The molecule has 0 unspecified atom stereocenters. The van der Waals surface area contributed by atoms with Crippen molar-refractivity contribution in [3.63, 3.8) is 0 Å². The number of hydrogen-bond acceptors (Lipinski definition) is 2. The normalized spacial score (nSPS) is 10.1. The van der Waals surface area contributed by atoms with Gasteiger partial charge < -0.3 is 4.72 Å². The lowest BCUT2D eigenvalue weighted by molar-refractivity contribution is 0.632. The minimum atomic E-state index is -0.219. The van der Waals surface area contributed by atoms with Crippen LogP contribution in [0.25, 0.3) is 0 Å². The summed E-state index contributed by atoms with van der Waals surface area (Å²) in [4.78, 5) is 0. The standard InChI is InChI=1S/C13H12FNS/c14-12-8-4-5-9-13(12)15-16-10-11-6-2-1-3-7-11/h1-9,15H,10H2. The lowest BCUT2D eigenvalue weighted by Gasteiger charge is -2.06. The molecule has 1 nitrogen and oxygen atoms in total. The van der Waals surface area contributed by atoms with E-state index < -0.39 is 0 Å². The van der Waals surface area contributed by atoms with E-state index in [0.717, 1.165) is 5.75 Å². The third-order valence-electron chi connectivity index (χ3n) is 2.14. The number of rotatable bonds is 4. The second-order valence-corrected chi connectivity index (χ2v) is 4.14. The predicted molar refractivity (Wildman–Crippen MR) is 67.8 cm³/mol. The number of anilines is 1. The largest absolute Gasteiger partial charge is 0.327 e. The molecule has 0 aliphatic carbocycles. The maximum atomic E-state index is 13.2. The van der Waals surface area contributed by atoms with Crippen molar-refractivity contribution in [3.8, 4) is 0 Å². The Hall–Kier alpha value is -1.48. The molecule has 0 aliphatic heterocycles. The Morgan fingerprint density at radius 2 is 1.62 bits per heavy atom. The zero-order chi connectivity index (χ0) is 11.2. The lowest BCUT2D eigenvalue weighted by Crippen LogP contribution is -1.91. The fraction of sp³-hybridized carbons (Fsp3) is 0.0769. The average Bonchev–Trinajstić information content (AvgIpc) is 2.33. The molecular weight excluding hydrogens is 221 g/mol. The molecule has 3 heteroatoms. The summed E-state index contributed by atoms with van der Waals surface area (Å²) in [5.74, 6) is 0.595. The highest BCUT2D eigenvalue weighted by atomic mass is 32.2.